The number of nitro groups is 2. The Labute approximate surface area is 83.4 Å². The molecular formula is C7H5ClN2O4. The van der Waals surface area contributed by atoms with Gasteiger partial charge < -0.3 is 0 Å². The summed E-state index contributed by atoms with van der Waals surface area (Å²) >= 11 is 5.49. The fraction of sp³-hybridized carbons (Fsp3) is 0.143. The Kier molecular flexibility index (Phi) is 2.66. The van der Waals surface area contributed by atoms with E-state index < -0.39 is 21.2 Å². The standard InChI is InChI=1S/C7H5ClN2O4/c1-4-2-3-5(8)7(10(13)14)6(4)9(11)12/h2-3H,1H3. The number of hydrogen-bond acceptors (Lipinski definition) is 4. The maximum absolute atomic E-state index is 10.5. The first-order valence-corrected chi connectivity index (χ1v) is 3.91. The Morgan fingerprint density at radius 2 is 1.64 bits per heavy atom. The van der Waals surface area contributed by atoms with Crippen molar-refractivity contribution in [1.29, 1.82) is 0 Å². The minimum absolute atomic E-state index is 0.214. The molecule has 0 unspecified atom stereocenters. The van der Waals surface area contributed by atoms with Gasteiger partial charge in [0.05, 0.1) is 9.85 Å². The lowest BCUT2D eigenvalue weighted by atomic mass is 10.2. The second-order valence-electron chi connectivity index (χ2n) is 2.58. The van der Waals surface area contributed by atoms with E-state index in [1.54, 1.807) is 0 Å². The zero-order chi connectivity index (χ0) is 10.9. The predicted octanol–water partition coefficient (Wildman–Crippen LogP) is 2.46. The second-order valence-corrected chi connectivity index (χ2v) is 2.98. The van der Waals surface area contributed by atoms with Crippen LogP contribution in [0.15, 0.2) is 12.1 Å². The molecule has 0 radical (unpaired) electrons. The Bertz CT molecular complexity index is 379. The van der Waals surface area contributed by atoms with Gasteiger partial charge in [0.15, 0.2) is 0 Å². The van der Waals surface area contributed by atoms with Crippen LogP contribution in [0.5, 0.6) is 0 Å². The van der Waals surface area contributed by atoms with Gasteiger partial charge in [0.2, 0.25) is 0 Å². The van der Waals surface area contributed by atoms with Gasteiger partial charge in [-0.15, -0.1) is 0 Å². The zero-order valence-electron chi connectivity index (χ0n) is 7.06. The van der Waals surface area contributed by atoms with Crippen LogP contribution in [0, 0.1) is 27.2 Å². The Morgan fingerprint density at radius 3 is 2.00 bits per heavy atom. The third-order valence-electron chi connectivity index (χ3n) is 1.67. The van der Waals surface area contributed by atoms with Crippen molar-refractivity contribution in [2.75, 3.05) is 0 Å². The summed E-state index contributed by atoms with van der Waals surface area (Å²) in [6.07, 6.45) is 0. The number of hydrogen-bond donors (Lipinski definition) is 0. The van der Waals surface area contributed by atoms with Crippen molar-refractivity contribution in [3.8, 4) is 0 Å². The Hall–Kier alpha value is -1.69. The molecule has 1 aromatic carbocycles. The van der Waals surface area contributed by atoms with E-state index in [1.807, 2.05) is 0 Å². The van der Waals surface area contributed by atoms with Crippen molar-refractivity contribution in [2.24, 2.45) is 0 Å². The van der Waals surface area contributed by atoms with Crippen molar-refractivity contribution >= 4 is 23.0 Å². The molecule has 0 saturated heterocycles. The maximum Gasteiger partial charge on any atom is 0.364 e. The van der Waals surface area contributed by atoms with Crippen LogP contribution < -0.4 is 0 Å². The molecule has 0 fully saturated rings. The van der Waals surface area contributed by atoms with E-state index in [-0.39, 0.29) is 10.6 Å². The van der Waals surface area contributed by atoms with Crippen LogP contribution in [0.1, 0.15) is 5.56 Å². The molecule has 0 saturated carbocycles. The largest absolute Gasteiger partial charge is 0.364 e. The zero-order valence-corrected chi connectivity index (χ0v) is 7.82. The maximum atomic E-state index is 10.5. The van der Waals surface area contributed by atoms with Crippen LogP contribution in [0.4, 0.5) is 11.4 Å². The van der Waals surface area contributed by atoms with E-state index >= 15 is 0 Å². The van der Waals surface area contributed by atoms with E-state index in [1.165, 1.54) is 19.1 Å². The fourth-order valence-electron chi connectivity index (χ4n) is 1.06. The molecule has 74 valence electrons. The van der Waals surface area contributed by atoms with E-state index in [9.17, 15) is 20.2 Å². The highest BCUT2D eigenvalue weighted by Gasteiger charge is 2.29. The summed E-state index contributed by atoms with van der Waals surface area (Å²) in [4.78, 5) is 19.4. The van der Waals surface area contributed by atoms with Crippen LogP contribution in [-0.4, -0.2) is 9.85 Å². The van der Waals surface area contributed by atoms with Gasteiger partial charge >= 0.3 is 11.4 Å². The summed E-state index contributed by atoms with van der Waals surface area (Å²) in [6, 6.07) is 2.63. The van der Waals surface area contributed by atoms with Crippen LogP contribution in [0.3, 0.4) is 0 Å². The van der Waals surface area contributed by atoms with Gasteiger partial charge in [-0.1, -0.05) is 17.7 Å². The lowest BCUT2D eigenvalue weighted by Crippen LogP contribution is -1.99. The molecule has 1 rings (SSSR count). The van der Waals surface area contributed by atoms with Gasteiger partial charge in [-0.05, 0) is 13.0 Å². The predicted molar refractivity (Wildman–Crippen MR) is 49.5 cm³/mol. The average molecular weight is 217 g/mol. The highest BCUT2D eigenvalue weighted by Crippen LogP contribution is 2.36. The van der Waals surface area contributed by atoms with Crippen molar-refractivity contribution < 1.29 is 9.85 Å². The minimum Gasteiger partial charge on any atom is -0.258 e. The van der Waals surface area contributed by atoms with Crippen LogP contribution in [0.2, 0.25) is 5.02 Å². The molecule has 0 aliphatic rings. The summed E-state index contributed by atoms with van der Waals surface area (Å²) < 4.78 is 0. The fourth-order valence-corrected chi connectivity index (χ4v) is 1.28. The van der Waals surface area contributed by atoms with Gasteiger partial charge in [-0.2, -0.15) is 0 Å². The number of benzene rings is 1. The highest BCUT2D eigenvalue weighted by molar-refractivity contribution is 6.33. The molecule has 0 aliphatic heterocycles. The van der Waals surface area contributed by atoms with Gasteiger partial charge in [0.25, 0.3) is 0 Å². The van der Waals surface area contributed by atoms with E-state index in [0.717, 1.165) is 0 Å². The molecule has 0 bridgehead atoms. The number of rotatable bonds is 2. The summed E-state index contributed by atoms with van der Waals surface area (Å²) in [5, 5.41) is 20.8. The first kappa shape index (κ1) is 10.4. The summed E-state index contributed by atoms with van der Waals surface area (Å²) in [6.45, 7) is 1.42. The molecule has 0 aliphatic carbocycles. The second kappa shape index (κ2) is 3.59. The molecule has 0 amide bonds. The van der Waals surface area contributed by atoms with Crippen molar-refractivity contribution in [3.05, 3.63) is 42.9 Å². The van der Waals surface area contributed by atoms with Gasteiger partial charge in [0, 0.05) is 5.56 Å². The molecule has 6 nitrogen and oxygen atoms in total. The molecule has 0 heterocycles. The van der Waals surface area contributed by atoms with E-state index in [0.29, 0.717) is 0 Å². The molecule has 7 heteroatoms. The third-order valence-corrected chi connectivity index (χ3v) is 1.97. The van der Waals surface area contributed by atoms with Crippen molar-refractivity contribution in [3.63, 3.8) is 0 Å². The summed E-state index contributed by atoms with van der Waals surface area (Å²) in [7, 11) is 0. The lowest BCUT2D eigenvalue weighted by Gasteiger charge is -1.99. The highest BCUT2D eigenvalue weighted by atomic mass is 35.5. The number of nitrogens with zero attached hydrogens (tertiary/aromatic N) is 2. The van der Waals surface area contributed by atoms with Crippen LogP contribution in [0.25, 0.3) is 0 Å². The van der Waals surface area contributed by atoms with Gasteiger partial charge in [-0.3, -0.25) is 20.2 Å². The number of aryl methyl sites for hydroxylation is 1. The minimum atomic E-state index is -0.854. The van der Waals surface area contributed by atoms with Gasteiger partial charge in [-0.25, -0.2) is 0 Å². The monoisotopic (exact) mass is 216 g/mol. The van der Waals surface area contributed by atoms with Crippen LogP contribution >= 0.6 is 11.6 Å². The summed E-state index contributed by atoms with van der Waals surface area (Å²) in [5.41, 5.74) is -0.995. The van der Waals surface area contributed by atoms with Crippen molar-refractivity contribution in [1.82, 2.24) is 0 Å². The molecular weight excluding hydrogens is 212 g/mol. The molecule has 0 spiro atoms. The summed E-state index contributed by atoms with van der Waals surface area (Å²) in [5.74, 6) is 0. The molecule has 0 N–H and O–H groups in total. The van der Waals surface area contributed by atoms with Crippen LogP contribution in [-0.2, 0) is 0 Å². The normalized spacial score (nSPS) is 9.86. The first-order chi connectivity index (χ1) is 6.45. The van der Waals surface area contributed by atoms with E-state index in [4.69, 9.17) is 11.6 Å². The third kappa shape index (κ3) is 1.64. The average Bonchev–Trinajstić information content (AvgIpc) is 2.07. The van der Waals surface area contributed by atoms with E-state index in [2.05, 4.69) is 0 Å². The number of nitro benzene ring substituents is 2. The lowest BCUT2D eigenvalue weighted by molar-refractivity contribution is -0.422. The molecule has 1 aromatic rings. The molecule has 0 atom stereocenters. The SMILES string of the molecule is Cc1ccc(Cl)c([N+](=O)[O-])c1[N+](=O)[O-]. The quantitative estimate of drug-likeness (QED) is 0.561. The Morgan fingerprint density at radius 1 is 1.14 bits per heavy atom. The number of halogens is 1. The smallest absolute Gasteiger partial charge is 0.258 e. The Balaban J connectivity index is 3.58. The first-order valence-electron chi connectivity index (χ1n) is 3.53. The molecule has 14 heavy (non-hydrogen) atoms. The van der Waals surface area contributed by atoms with Gasteiger partial charge in [0.1, 0.15) is 5.02 Å². The molecule has 0 aromatic heterocycles. The topological polar surface area (TPSA) is 86.3 Å². The van der Waals surface area contributed by atoms with Crippen molar-refractivity contribution in [2.45, 2.75) is 6.92 Å².